The van der Waals surface area contributed by atoms with Crippen molar-refractivity contribution >= 4 is 5.91 Å². The van der Waals surface area contributed by atoms with Gasteiger partial charge in [0.05, 0.1) is 6.54 Å². The monoisotopic (exact) mass is 211 g/mol. The third-order valence-electron chi connectivity index (χ3n) is 3.14. The number of nitrogens with one attached hydrogen (secondary N) is 1. The van der Waals surface area contributed by atoms with E-state index in [1.165, 1.54) is 12.8 Å². The lowest BCUT2D eigenvalue weighted by molar-refractivity contribution is -0.132. The zero-order valence-electron chi connectivity index (χ0n) is 9.54. The molecule has 1 N–H and O–H groups in total. The molecular weight excluding hydrogens is 190 g/mol. The van der Waals surface area contributed by atoms with Crippen LogP contribution >= 0.6 is 0 Å². The van der Waals surface area contributed by atoms with Gasteiger partial charge in [0.25, 0.3) is 0 Å². The van der Waals surface area contributed by atoms with Crippen LogP contribution < -0.4 is 5.32 Å². The van der Waals surface area contributed by atoms with Crippen molar-refractivity contribution < 1.29 is 4.79 Å². The lowest BCUT2D eigenvalue weighted by atomic mass is 10.3. The van der Waals surface area contributed by atoms with E-state index in [-0.39, 0.29) is 0 Å². The molecular formula is C11H21N3O. The average molecular weight is 211 g/mol. The Morgan fingerprint density at radius 3 is 2.67 bits per heavy atom. The smallest absolute Gasteiger partial charge is 0.236 e. The van der Waals surface area contributed by atoms with Crippen molar-refractivity contribution in [3.05, 3.63) is 0 Å². The first-order valence-corrected chi connectivity index (χ1v) is 5.93. The molecule has 0 aromatic heterocycles. The van der Waals surface area contributed by atoms with E-state index in [2.05, 4.69) is 17.3 Å². The maximum atomic E-state index is 11.9. The first-order chi connectivity index (χ1) is 7.25. The van der Waals surface area contributed by atoms with Crippen LogP contribution in [0.4, 0.5) is 0 Å². The molecule has 0 atom stereocenters. The van der Waals surface area contributed by atoms with Crippen molar-refractivity contribution in [1.29, 1.82) is 0 Å². The summed E-state index contributed by atoms with van der Waals surface area (Å²) in [6.45, 7) is 5.32. The molecule has 0 unspecified atom stereocenters. The van der Waals surface area contributed by atoms with Crippen LogP contribution in [0, 0.1) is 5.92 Å². The van der Waals surface area contributed by atoms with Gasteiger partial charge in [0.2, 0.25) is 5.91 Å². The molecule has 0 radical (unpaired) electrons. The van der Waals surface area contributed by atoms with E-state index in [1.807, 2.05) is 4.90 Å². The highest BCUT2D eigenvalue weighted by molar-refractivity contribution is 5.78. The highest BCUT2D eigenvalue weighted by Gasteiger charge is 2.24. The normalized spacial score (nSPS) is 22.1. The fraction of sp³-hybridized carbons (Fsp3) is 0.909. The molecule has 2 rings (SSSR count). The van der Waals surface area contributed by atoms with E-state index in [0.717, 1.165) is 38.6 Å². The van der Waals surface area contributed by atoms with Gasteiger partial charge in [-0.05, 0) is 25.8 Å². The van der Waals surface area contributed by atoms with Crippen LogP contribution in [0.15, 0.2) is 0 Å². The van der Waals surface area contributed by atoms with Crippen LogP contribution in [0.25, 0.3) is 0 Å². The van der Waals surface area contributed by atoms with Gasteiger partial charge in [-0.1, -0.05) is 0 Å². The SMILES string of the molecule is CN(CC(=O)N1CCNCC1)CC1CC1. The minimum atomic E-state index is 0.291. The molecule has 2 fully saturated rings. The highest BCUT2D eigenvalue weighted by Crippen LogP contribution is 2.29. The molecule has 1 aliphatic heterocycles. The largest absolute Gasteiger partial charge is 0.339 e. The summed E-state index contributed by atoms with van der Waals surface area (Å²) >= 11 is 0. The Bertz CT molecular complexity index is 222. The Balaban J connectivity index is 1.69. The number of carbonyl (C=O) groups is 1. The van der Waals surface area contributed by atoms with Gasteiger partial charge in [0, 0.05) is 32.7 Å². The van der Waals surface area contributed by atoms with Crippen LogP contribution in [0.1, 0.15) is 12.8 Å². The van der Waals surface area contributed by atoms with Gasteiger partial charge in [-0.2, -0.15) is 0 Å². The molecule has 4 nitrogen and oxygen atoms in total. The van der Waals surface area contributed by atoms with E-state index in [9.17, 15) is 4.79 Å². The van der Waals surface area contributed by atoms with Crippen LogP contribution in [-0.2, 0) is 4.79 Å². The third-order valence-corrected chi connectivity index (χ3v) is 3.14. The zero-order valence-corrected chi connectivity index (χ0v) is 9.54. The summed E-state index contributed by atoms with van der Waals surface area (Å²) in [7, 11) is 2.05. The Morgan fingerprint density at radius 1 is 1.40 bits per heavy atom. The van der Waals surface area contributed by atoms with E-state index in [4.69, 9.17) is 0 Å². The van der Waals surface area contributed by atoms with Crippen molar-refractivity contribution in [2.75, 3.05) is 46.3 Å². The highest BCUT2D eigenvalue weighted by atomic mass is 16.2. The van der Waals surface area contributed by atoms with Gasteiger partial charge < -0.3 is 10.2 Å². The van der Waals surface area contributed by atoms with Crippen molar-refractivity contribution in [2.45, 2.75) is 12.8 Å². The summed E-state index contributed by atoms with van der Waals surface area (Å²) in [5.74, 6) is 1.16. The molecule has 4 heteroatoms. The van der Waals surface area contributed by atoms with Gasteiger partial charge in [0.1, 0.15) is 0 Å². The van der Waals surface area contributed by atoms with Crippen molar-refractivity contribution in [3.63, 3.8) is 0 Å². The standard InChI is InChI=1S/C11H21N3O/c1-13(8-10-2-3-10)9-11(15)14-6-4-12-5-7-14/h10,12H,2-9H2,1H3. The second kappa shape index (κ2) is 4.94. The average Bonchev–Trinajstić information content (AvgIpc) is 3.03. The second-order valence-corrected chi connectivity index (χ2v) is 4.77. The first kappa shape index (κ1) is 10.9. The van der Waals surface area contributed by atoms with Crippen LogP contribution in [-0.4, -0.2) is 62.0 Å². The minimum Gasteiger partial charge on any atom is -0.339 e. The lowest BCUT2D eigenvalue weighted by Gasteiger charge is -2.29. The van der Waals surface area contributed by atoms with E-state index >= 15 is 0 Å². The third kappa shape index (κ3) is 3.47. The first-order valence-electron chi connectivity index (χ1n) is 5.93. The molecule has 1 amide bonds. The molecule has 1 saturated heterocycles. The Labute approximate surface area is 91.6 Å². The van der Waals surface area contributed by atoms with E-state index in [1.54, 1.807) is 0 Å². The van der Waals surface area contributed by atoms with Crippen molar-refractivity contribution in [1.82, 2.24) is 15.1 Å². The fourth-order valence-electron chi connectivity index (χ4n) is 2.05. The zero-order chi connectivity index (χ0) is 10.7. The predicted octanol–water partition coefficient (Wildman–Crippen LogP) is -0.240. The second-order valence-electron chi connectivity index (χ2n) is 4.77. The van der Waals surface area contributed by atoms with Gasteiger partial charge >= 0.3 is 0 Å². The molecule has 15 heavy (non-hydrogen) atoms. The van der Waals surface area contributed by atoms with Crippen LogP contribution in [0.3, 0.4) is 0 Å². The summed E-state index contributed by atoms with van der Waals surface area (Å²) in [5, 5.41) is 3.26. The number of carbonyl (C=O) groups excluding carboxylic acids is 1. The van der Waals surface area contributed by atoms with Gasteiger partial charge in [-0.25, -0.2) is 0 Å². The van der Waals surface area contributed by atoms with Crippen LogP contribution in [0.2, 0.25) is 0 Å². The Hall–Kier alpha value is -0.610. The minimum absolute atomic E-state index is 0.291. The van der Waals surface area contributed by atoms with Gasteiger partial charge in [0.15, 0.2) is 0 Å². The summed E-state index contributed by atoms with van der Waals surface area (Å²) in [6.07, 6.45) is 2.71. The summed E-state index contributed by atoms with van der Waals surface area (Å²) in [4.78, 5) is 16.0. The maximum Gasteiger partial charge on any atom is 0.236 e. The molecule has 1 heterocycles. The van der Waals surface area contributed by atoms with Crippen molar-refractivity contribution in [3.8, 4) is 0 Å². The number of nitrogens with zero attached hydrogens (tertiary/aromatic N) is 2. The molecule has 86 valence electrons. The summed E-state index contributed by atoms with van der Waals surface area (Å²) in [6, 6.07) is 0. The quantitative estimate of drug-likeness (QED) is 0.697. The molecule has 1 aliphatic carbocycles. The van der Waals surface area contributed by atoms with Crippen LogP contribution in [0.5, 0.6) is 0 Å². The molecule has 1 saturated carbocycles. The number of amides is 1. The number of rotatable bonds is 4. The number of hydrogen-bond donors (Lipinski definition) is 1. The van der Waals surface area contributed by atoms with Crippen molar-refractivity contribution in [2.24, 2.45) is 5.92 Å². The Kier molecular flexibility index (Phi) is 3.59. The molecule has 0 aromatic rings. The molecule has 0 bridgehead atoms. The van der Waals surface area contributed by atoms with E-state index < -0.39 is 0 Å². The summed E-state index contributed by atoms with van der Waals surface area (Å²) in [5.41, 5.74) is 0. The molecule has 2 aliphatic rings. The number of piperazine rings is 1. The lowest BCUT2D eigenvalue weighted by Crippen LogP contribution is -2.49. The number of likely N-dealkylation sites (N-methyl/N-ethyl adjacent to an activating group) is 1. The van der Waals surface area contributed by atoms with E-state index in [0.29, 0.717) is 12.5 Å². The molecule has 0 aromatic carbocycles. The Morgan fingerprint density at radius 2 is 2.07 bits per heavy atom. The number of hydrogen-bond acceptors (Lipinski definition) is 3. The predicted molar refractivity (Wildman–Crippen MR) is 59.7 cm³/mol. The maximum absolute atomic E-state index is 11.9. The fourth-order valence-corrected chi connectivity index (χ4v) is 2.05. The summed E-state index contributed by atoms with van der Waals surface area (Å²) < 4.78 is 0. The molecule has 0 spiro atoms. The van der Waals surface area contributed by atoms with Gasteiger partial charge in [-0.3, -0.25) is 9.69 Å². The topological polar surface area (TPSA) is 35.6 Å². The van der Waals surface area contributed by atoms with Gasteiger partial charge in [-0.15, -0.1) is 0 Å².